The van der Waals surface area contributed by atoms with E-state index in [1.165, 1.54) is 5.54 Å². The number of hydrogen-bond donors (Lipinski definition) is 1. The van der Waals surface area contributed by atoms with Crippen molar-refractivity contribution in [1.82, 2.24) is 10.2 Å². The van der Waals surface area contributed by atoms with Crippen LogP contribution in [-0.4, -0.2) is 35.8 Å². The van der Waals surface area contributed by atoms with Crippen molar-refractivity contribution in [2.45, 2.75) is 26.3 Å². The van der Waals surface area contributed by atoms with Crippen molar-refractivity contribution >= 4 is 23.4 Å². The van der Waals surface area contributed by atoms with Gasteiger partial charge in [0.05, 0.1) is 6.54 Å². The smallest absolute Gasteiger partial charge is 0.243 e. The SMILES string of the molecule is CCC(C)C1C(=O)NCC(=O)N1C/C=C/Cl. The van der Waals surface area contributed by atoms with Gasteiger partial charge in [-0.2, -0.15) is 0 Å². The Balaban J connectivity index is 2.85. The molecular weight excluding hydrogens is 228 g/mol. The van der Waals surface area contributed by atoms with Crippen LogP contribution in [0.3, 0.4) is 0 Å². The van der Waals surface area contributed by atoms with E-state index in [0.29, 0.717) is 6.54 Å². The monoisotopic (exact) mass is 244 g/mol. The minimum Gasteiger partial charge on any atom is -0.345 e. The molecule has 0 aromatic heterocycles. The third-order valence-electron chi connectivity index (χ3n) is 2.91. The van der Waals surface area contributed by atoms with Gasteiger partial charge < -0.3 is 10.2 Å². The second-order valence-electron chi connectivity index (χ2n) is 3.96. The Bertz CT molecular complexity index is 304. The van der Waals surface area contributed by atoms with Gasteiger partial charge in [0.1, 0.15) is 6.04 Å². The molecular formula is C11H17ClN2O2. The summed E-state index contributed by atoms with van der Waals surface area (Å²) in [4.78, 5) is 25.1. The van der Waals surface area contributed by atoms with Crippen molar-refractivity contribution in [3.05, 3.63) is 11.6 Å². The van der Waals surface area contributed by atoms with E-state index in [0.717, 1.165) is 6.42 Å². The van der Waals surface area contributed by atoms with Gasteiger partial charge in [0.15, 0.2) is 0 Å². The Labute approximate surface area is 101 Å². The number of carbonyl (C=O) groups is 2. The van der Waals surface area contributed by atoms with E-state index in [9.17, 15) is 9.59 Å². The number of rotatable bonds is 4. The number of carbonyl (C=O) groups excluding carboxylic acids is 2. The summed E-state index contributed by atoms with van der Waals surface area (Å²) in [6, 6.07) is -0.376. The van der Waals surface area contributed by atoms with E-state index < -0.39 is 0 Å². The zero-order chi connectivity index (χ0) is 12.1. The van der Waals surface area contributed by atoms with E-state index >= 15 is 0 Å². The quantitative estimate of drug-likeness (QED) is 0.806. The first-order chi connectivity index (χ1) is 7.61. The molecule has 1 N–H and O–H groups in total. The van der Waals surface area contributed by atoms with Gasteiger partial charge in [-0.1, -0.05) is 37.9 Å². The first-order valence-corrected chi connectivity index (χ1v) is 5.87. The molecule has 4 nitrogen and oxygen atoms in total. The van der Waals surface area contributed by atoms with E-state index in [1.54, 1.807) is 11.0 Å². The zero-order valence-electron chi connectivity index (χ0n) is 9.57. The number of hydrogen-bond acceptors (Lipinski definition) is 2. The van der Waals surface area contributed by atoms with Crippen LogP contribution in [0.5, 0.6) is 0 Å². The summed E-state index contributed by atoms with van der Waals surface area (Å²) in [7, 11) is 0. The molecule has 1 saturated heterocycles. The molecule has 1 aliphatic heterocycles. The lowest BCUT2D eigenvalue weighted by molar-refractivity contribution is -0.146. The number of nitrogens with one attached hydrogen (secondary N) is 1. The molecule has 0 aromatic carbocycles. The average molecular weight is 245 g/mol. The lowest BCUT2D eigenvalue weighted by Crippen LogP contribution is -2.60. The molecule has 0 bridgehead atoms. The van der Waals surface area contributed by atoms with Gasteiger partial charge in [-0.3, -0.25) is 9.59 Å². The van der Waals surface area contributed by atoms with Gasteiger partial charge >= 0.3 is 0 Å². The van der Waals surface area contributed by atoms with Crippen LogP contribution in [0.2, 0.25) is 0 Å². The fourth-order valence-corrected chi connectivity index (χ4v) is 1.90. The highest BCUT2D eigenvalue weighted by Crippen LogP contribution is 2.17. The van der Waals surface area contributed by atoms with Crippen LogP contribution >= 0.6 is 11.6 Å². The van der Waals surface area contributed by atoms with E-state index in [4.69, 9.17) is 11.6 Å². The summed E-state index contributed by atoms with van der Waals surface area (Å²) in [5.41, 5.74) is 1.37. The summed E-state index contributed by atoms with van der Waals surface area (Å²) >= 11 is 5.45. The molecule has 5 heteroatoms. The van der Waals surface area contributed by atoms with Gasteiger partial charge in [-0.15, -0.1) is 0 Å². The van der Waals surface area contributed by atoms with Crippen LogP contribution in [0.4, 0.5) is 0 Å². The molecule has 0 aliphatic carbocycles. The van der Waals surface area contributed by atoms with E-state index in [1.807, 2.05) is 13.8 Å². The number of amides is 2. The minimum absolute atomic E-state index is 0.0559. The summed E-state index contributed by atoms with van der Waals surface area (Å²) in [6.45, 7) is 4.46. The van der Waals surface area contributed by atoms with Gasteiger partial charge in [-0.05, 0) is 5.92 Å². The van der Waals surface area contributed by atoms with Crippen LogP contribution in [0, 0.1) is 5.92 Å². The Morgan fingerprint density at radius 1 is 1.62 bits per heavy atom. The predicted molar refractivity (Wildman–Crippen MR) is 63.0 cm³/mol. The second-order valence-corrected chi connectivity index (χ2v) is 4.21. The summed E-state index contributed by atoms with van der Waals surface area (Å²) in [6.07, 6.45) is 2.53. The largest absolute Gasteiger partial charge is 0.345 e. The van der Waals surface area contributed by atoms with Gasteiger partial charge in [0.2, 0.25) is 11.8 Å². The highest BCUT2D eigenvalue weighted by Gasteiger charge is 2.36. The van der Waals surface area contributed by atoms with Gasteiger partial charge in [0.25, 0.3) is 0 Å². The molecule has 0 saturated carbocycles. The number of halogens is 1. The van der Waals surface area contributed by atoms with Gasteiger partial charge in [0, 0.05) is 12.1 Å². The molecule has 2 amide bonds. The topological polar surface area (TPSA) is 49.4 Å². The lowest BCUT2D eigenvalue weighted by atomic mass is 9.95. The fraction of sp³-hybridized carbons (Fsp3) is 0.636. The molecule has 1 heterocycles. The molecule has 16 heavy (non-hydrogen) atoms. The zero-order valence-corrected chi connectivity index (χ0v) is 10.3. The summed E-state index contributed by atoms with van der Waals surface area (Å²) in [5, 5.41) is 2.62. The van der Waals surface area contributed by atoms with Crippen LogP contribution in [0.1, 0.15) is 20.3 Å². The average Bonchev–Trinajstić information content (AvgIpc) is 2.29. The maximum Gasteiger partial charge on any atom is 0.243 e. The maximum atomic E-state index is 11.8. The minimum atomic E-state index is -0.376. The van der Waals surface area contributed by atoms with Crippen molar-refractivity contribution in [3.8, 4) is 0 Å². The van der Waals surface area contributed by atoms with Crippen molar-refractivity contribution < 1.29 is 9.59 Å². The first kappa shape index (κ1) is 13.0. The van der Waals surface area contributed by atoms with E-state index in [-0.39, 0.29) is 30.3 Å². The van der Waals surface area contributed by atoms with Crippen molar-refractivity contribution in [3.63, 3.8) is 0 Å². The Morgan fingerprint density at radius 3 is 2.88 bits per heavy atom. The molecule has 2 atom stereocenters. The van der Waals surface area contributed by atoms with Crippen LogP contribution in [-0.2, 0) is 9.59 Å². The second kappa shape index (κ2) is 5.89. The highest BCUT2D eigenvalue weighted by atomic mass is 35.5. The van der Waals surface area contributed by atoms with Gasteiger partial charge in [-0.25, -0.2) is 0 Å². The van der Waals surface area contributed by atoms with Crippen molar-refractivity contribution in [1.29, 1.82) is 0 Å². The molecule has 0 spiro atoms. The standard InChI is InChI=1S/C11H17ClN2O2/c1-3-8(2)10-11(16)13-7-9(15)14(10)6-4-5-12/h4-5,8,10H,3,6-7H2,1-2H3,(H,13,16)/b5-4+. The fourth-order valence-electron chi connectivity index (χ4n) is 1.82. The van der Waals surface area contributed by atoms with E-state index in [2.05, 4.69) is 5.32 Å². The highest BCUT2D eigenvalue weighted by molar-refractivity contribution is 6.25. The number of nitrogens with zero attached hydrogens (tertiary/aromatic N) is 1. The molecule has 0 radical (unpaired) electrons. The van der Waals surface area contributed by atoms with Crippen LogP contribution < -0.4 is 5.32 Å². The Kier molecular flexibility index (Phi) is 4.80. The van der Waals surface area contributed by atoms with Crippen molar-refractivity contribution in [2.24, 2.45) is 5.92 Å². The molecule has 2 unspecified atom stereocenters. The lowest BCUT2D eigenvalue weighted by Gasteiger charge is -2.37. The third-order valence-corrected chi connectivity index (χ3v) is 3.09. The Hall–Kier alpha value is -1.03. The molecule has 1 aliphatic rings. The van der Waals surface area contributed by atoms with Crippen LogP contribution in [0.15, 0.2) is 11.6 Å². The molecule has 1 rings (SSSR count). The van der Waals surface area contributed by atoms with Crippen molar-refractivity contribution in [2.75, 3.05) is 13.1 Å². The summed E-state index contributed by atoms with van der Waals surface area (Å²) < 4.78 is 0. The van der Waals surface area contributed by atoms with Crippen LogP contribution in [0.25, 0.3) is 0 Å². The predicted octanol–water partition coefficient (Wildman–Crippen LogP) is 1.11. The third kappa shape index (κ3) is 2.76. The first-order valence-electron chi connectivity index (χ1n) is 5.44. The molecule has 0 aromatic rings. The number of piperazine rings is 1. The molecule has 90 valence electrons. The maximum absolute atomic E-state index is 11.8. The molecule has 1 fully saturated rings. The Morgan fingerprint density at radius 2 is 2.31 bits per heavy atom. The normalized spacial score (nSPS) is 23.7. The summed E-state index contributed by atoms with van der Waals surface area (Å²) in [5.74, 6) is 0.0181.